The van der Waals surface area contributed by atoms with Gasteiger partial charge in [-0.25, -0.2) is 4.68 Å². The number of amides is 1. The van der Waals surface area contributed by atoms with Gasteiger partial charge in [-0.2, -0.15) is 5.10 Å². The molecule has 1 saturated carbocycles. The molecule has 7 heteroatoms. The van der Waals surface area contributed by atoms with E-state index >= 15 is 0 Å². The minimum absolute atomic E-state index is 0.146. The summed E-state index contributed by atoms with van der Waals surface area (Å²) in [6.07, 6.45) is 2.41. The Balaban J connectivity index is 2.02. The van der Waals surface area contributed by atoms with E-state index in [1.165, 1.54) is 16.8 Å². The van der Waals surface area contributed by atoms with Crippen LogP contribution in [-0.4, -0.2) is 32.8 Å². The monoisotopic (exact) mass is 293 g/mol. The Labute approximate surface area is 122 Å². The minimum atomic E-state index is -0.818. The summed E-state index contributed by atoms with van der Waals surface area (Å²) in [4.78, 5) is 34.6. The number of carbonyl (C=O) groups excluding carboxylic acids is 1. The number of carboxylic acids is 1. The SMILES string of the molecule is CCCn1nc(C(=O)N[C@H]2CC[C@H](C(=O)O)C2)ccc1=O. The second kappa shape index (κ2) is 6.51. The first-order valence-corrected chi connectivity index (χ1v) is 7.13. The van der Waals surface area contributed by atoms with Gasteiger partial charge >= 0.3 is 5.97 Å². The second-order valence-electron chi connectivity index (χ2n) is 5.30. The summed E-state index contributed by atoms with van der Waals surface area (Å²) < 4.78 is 1.27. The molecule has 21 heavy (non-hydrogen) atoms. The lowest BCUT2D eigenvalue weighted by atomic mass is 10.1. The van der Waals surface area contributed by atoms with Gasteiger partial charge in [0.15, 0.2) is 0 Å². The first kappa shape index (κ1) is 15.2. The van der Waals surface area contributed by atoms with Crippen molar-refractivity contribution < 1.29 is 14.7 Å². The Morgan fingerprint density at radius 1 is 1.43 bits per heavy atom. The largest absolute Gasteiger partial charge is 0.481 e. The van der Waals surface area contributed by atoms with Gasteiger partial charge in [-0.3, -0.25) is 14.4 Å². The van der Waals surface area contributed by atoms with Crippen LogP contribution in [0.5, 0.6) is 0 Å². The Morgan fingerprint density at radius 3 is 2.81 bits per heavy atom. The van der Waals surface area contributed by atoms with Gasteiger partial charge in [-0.1, -0.05) is 6.92 Å². The van der Waals surface area contributed by atoms with Crippen LogP contribution < -0.4 is 10.9 Å². The molecule has 0 radical (unpaired) electrons. The molecule has 1 heterocycles. The minimum Gasteiger partial charge on any atom is -0.481 e. The Bertz CT molecular complexity index is 596. The van der Waals surface area contributed by atoms with Crippen molar-refractivity contribution in [2.24, 2.45) is 5.92 Å². The van der Waals surface area contributed by atoms with Crippen molar-refractivity contribution in [3.8, 4) is 0 Å². The highest BCUT2D eigenvalue weighted by atomic mass is 16.4. The van der Waals surface area contributed by atoms with Crippen LogP contribution in [-0.2, 0) is 11.3 Å². The third kappa shape index (κ3) is 3.68. The average molecular weight is 293 g/mol. The maximum absolute atomic E-state index is 12.1. The number of nitrogens with zero attached hydrogens (tertiary/aromatic N) is 2. The fourth-order valence-electron chi connectivity index (χ4n) is 2.54. The fraction of sp³-hybridized carbons (Fsp3) is 0.571. The number of rotatable bonds is 5. The highest BCUT2D eigenvalue weighted by Gasteiger charge is 2.30. The van der Waals surface area contributed by atoms with Crippen molar-refractivity contribution in [3.05, 3.63) is 28.2 Å². The predicted octanol–water partition coefficient (Wildman–Crippen LogP) is 0.636. The molecule has 1 aromatic rings. The number of hydrogen-bond acceptors (Lipinski definition) is 4. The second-order valence-corrected chi connectivity index (χ2v) is 5.30. The number of aliphatic carboxylic acids is 1. The van der Waals surface area contributed by atoms with Gasteiger partial charge in [0.2, 0.25) is 0 Å². The van der Waals surface area contributed by atoms with E-state index in [9.17, 15) is 14.4 Å². The summed E-state index contributed by atoms with van der Waals surface area (Å²) in [5, 5.41) is 15.8. The van der Waals surface area contributed by atoms with Crippen LogP contribution in [0.25, 0.3) is 0 Å². The lowest BCUT2D eigenvalue weighted by Crippen LogP contribution is -2.35. The van der Waals surface area contributed by atoms with Crippen molar-refractivity contribution in [2.45, 2.75) is 45.2 Å². The van der Waals surface area contributed by atoms with E-state index in [1.807, 2.05) is 6.92 Å². The number of hydrogen-bond donors (Lipinski definition) is 2. The van der Waals surface area contributed by atoms with Gasteiger partial charge in [0.1, 0.15) is 5.69 Å². The third-order valence-corrected chi connectivity index (χ3v) is 3.65. The van der Waals surface area contributed by atoms with Gasteiger partial charge in [0.05, 0.1) is 5.92 Å². The lowest BCUT2D eigenvalue weighted by Gasteiger charge is -2.12. The molecule has 7 nitrogen and oxygen atoms in total. The van der Waals surface area contributed by atoms with Crippen molar-refractivity contribution >= 4 is 11.9 Å². The standard InChI is InChI=1S/C14H19N3O4/c1-2-7-17-12(18)6-5-11(16-17)13(19)15-10-4-3-9(8-10)14(20)21/h5-6,9-10H,2-4,7-8H2,1H3,(H,15,19)(H,20,21)/t9-,10-/m0/s1. The highest BCUT2D eigenvalue weighted by molar-refractivity contribution is 5.92. The maximum Gasteiger partial charge on any atom is 0.306 e. The molecule has 1 aliphatic carbocycles. The molecule has 1 aromatic heterocycles. The van der Waals surface area contributed by atoms with Crippen molar-refractivity contribution in [1.29, 1.82) is 0 Å². The van der Waals surface area contributed by atoms with Gasteiger partial charge in [-0.15, -0.1) is 0 Å². The van der Waals surface area contributed by atoms with Crippen LogP contribution in [0.1, 0.15) is 43.1 Å². The summed E-state index contributed by atoms with van der Waals surface area (Å²) >= 11 is 0. The molecule has 1 amide bonds. The van der Waals surface area contributed by atoms with Crippen LogP contribution in [0.2, 0.25) is 0 Å². The predicted molar refractivity (Wildman–Crippen MR) is 75.0 cm³/mol. The molecule has 0 bridgehead atoms. The number of aromatic nitrogens is 2. The molecule has 0 aromatic carbocycles. The summed E-state index contributed by atoms with van der Waals surface area (Å²) in [5.74, 6) is -1.57. The Morgan fingerprint density at radius 2 is 2.19 bits per heavy atom. The molecule has 0 saturated heterocycles. The van der Waals surface area contributed by atoms with Gasteiger partial charge < -0.3 is 10.4 Å². The number of carbonyl (C=O) groups is 2. The van der Waals surface area contributed by atoms with Crippen LogP contribution in [0.15, 0.2) is 16.9 Å². The highest BCUT2D eigenvalue weighted by Crippen LogP contribution is 2.25. The van der Waals surface area contributed by atoms with Gasteiger partial charge in [0.25, 0.3) is 11.5 Å². The molecule has 1 aliphatic rings. The van der Waals surface area contributed by atoms with E-state index in [0.29, 0.717) is 25.8 Å². The lowest BCUT2D eigenvalue weighted by molar-refractivity contribution is -0.141. The van der Waals surface area contributed by atoms with E-state index in [1.54, 1.807) is 0 Å². The average Bonchev–Trinajstić information content (AvgIpc) is 2.90. The fourth-order valence-corrected chi connectivity index (χ4v) is 2.54. The van der Waals surface area contributed by atoms with Crippen LogP contribution in [0, 0.1) is 5.92 Å². The van der Waals surface area contributed by atoms with E-state index in [0.717, 1.165) is 6.42 Å². The molecule has 0 spiro atoms. The number of carboxylic acid groups (broad SMARTS) is 1. The van der Waals surface area contributed by atoms with Crippen molar-refractivity contribution in [3.63, 3.8) is 0 Å². The van der Waals surface area contributed by atoms with E-state index < -0.39 is 11.9 Å². The summed E-state index contributed by atoms with van der Waals surface area (Å²) in [7, 11) is 0. The van der Waals surface area contributed by atoms with Crippen LogP contribution >= 0.6 is 0 Å². The Kier molecular flexibility index (Phi) is 4.72. The zero-order valence-corrected chi connectivity index (χ0v) is 11.9. The zero-order chi connectivity index (χ0) is 15.4. The normalized spacial score (nSPS) is 21.2. The quantitative estimate of drug-likeness (QED) is 0.829. The van der Waals surface area contributed by atoms with Gasteiger partial charge in [0, 0.05) is 18.7 Å². The van der Waals surface area contributed by atoms with E-state index in [2.05, 4.69) is 10.4 Å². The topological polar surface area (TPSA) is 101 Å². The smallest absolute Gasteiger partial charge is 0.306 e. The summed E-state index contributed by atoms with van der Waals surface area (Å²) in [6, 6.07) is 2.58. The first-order valence-electron chi connectivity index (χ1n) is 7.13. The molecule has 0 unspecified atom stereocenters. The zero-order valence-electron chi connectivity index (χ0n) is 11.9. The van der Waals surface area contributed by atoms with Crippen molar-refractivity contribution in [2.75, 3.05) is 0 Å². The third-order valence-electron chi connectivity index (χ3n) is 3.65. The molecule has 2 N–H and O–H groups in total. The molecule has 0 aliphatic heterocycles. The first-order chi connectivity index (χ1) is 10.0. The van der Waals surface area contributed by atoms with Crippen LogP contribution in [0.3, 0.4) is 0 Å². The van der Waals surface area contributed by atoms with E-state index in [4.69, 9.17) is 5.11 Å². The molecule has 114 valence electrons. The molecule has 1 fully saturated rings. The van der Waals surface area contributed by atoms with E-state index in [-0.39, 0.29) is 23.2 Å². The summed E-state index contributed by atoms with van der Waals surface area (Å²) in [5.41, 5.74) is -0.0537. The summed E-state index contributed by atoms with van der Waals surface area (Å²) in [6.45, 7) is 2.38. The van der Waals surface area contributed by atoms with Crippen molar-refractivity contribution in [1.82, 2.24) is 15.1 Å². The Hall–Kier alpha value is -2.18. The molecular formula is C14H19N3O4. The maximum atomic E-state index is 12.1. The molecular weight excluding hydrogens is 274 g/mol. The number of nitrogens with one attached hydrogen (secondary N) is 1. The molecule has 2 rings (SSSR count). The molecule has 2 atom stereocenters. The number of aryl methyl sites for hydroxylation is 1. The van der Waals surface area contributed by atoms with Gasteiger partial charge in [-0.05, 0) is 31.7 Å². The van der Waals surface area contributed by atoms with Crippen LogP contribution in [0.4, 0.5) is 0 Å².